The molecule has 5 heteroatoms. The summed E-state index contributed by atoms with van der Waals surface area (Å²) in [6.07, 6.45) is 4.73. The van der Waals surface area contributed by atoms with Crippen LogP contribution in [0.2, 0.25) is 0 Å². The molecule has 3 heterocycles. The highest BCUT2D eigenvalue weighted by Gasteiger charge is 2.17. The number of aromatic nitrogens is 2. The summed E-state index contributed by atoms with van der Waals surface area (Å²) in [5.74, 6) is 0.812. The molecule has 1 aromatic carbocycles. The molecule has 1 aliphatic rings. The lowest BCUT2D eigenvalue weighted by molar-refractivity contribution is 0.103. The van der Waals surface area contributed by atoms with E-state index in [0.29, 0.717) is 11.3 Å². The van der Waals surface area contributed by atoms with Gasteiger partial charge < -0.3 is 10.2 Å². The van der Waals surface area contributed by atoms with Gasteiger partial charge in [0.05, 0.1) is 0 Å². The lowest BCUT2D eigenvalue weighted by Crippen LogP contribution is -2.29. The smallest absolute Gasteiger partial charge is 0.213 e. The summed E-state index contributed by atoms with van der Waals surface area (Å²) < 4.78 is 0. The van der Waals surface area contributed by atoms with Gasteiger partial charge in [-0.25, -0.2) is 4.98 Å². The number of benzene rings is 1. The third kappa shape index (κ3) is 4.92. The van der Waals surface area contributed by atoms with E-state index in [1.54, 1.807) is 6.07 Å². The molecule has 0 spiro atoms. The lowest BCUT2D eigenvalue weighted by atomic mass is 10.0. The minimum Gasteiger partial charge on any atom is -0.355 e. The predicted molar refractivity (Wildman–Crippen MR) is 120 cm³/mol. The molecule has 1 aliphatic heterocycles. The molecular formula is C25H28N4O. The van der Waals surface area contributed by atoms with Crippen LogP contribution in [0, 0.1) is 6.92 Å². The Balaban J connectivity index is 1.53. The van der Waals surface area contributed by atoms with E-state index in [-0.39, 0.29) is 5.78 Å². The number of nitrogens with zero attached hydrogens (tertiary/aromatic N) is 3. The quantitative estimate of drug-likeness (QED) is 0.641. The fourth-order valence-electron chi connectivity index (χ4n) is 3.81. The van der Waals surface area contributed by atoms with E-state index in [0.717, 1.165) is 62.5 Å². The minimum atomic E-state index is -0.0589. The van der Waals surface area contributed by atoms with Crippen LogP contribution in [0.1, 0.15) is 39.3 Å². The van der Waals surface area contributed by atoms with E-state index in [4.69, 9.17) is 4.98 Å². The van der Waals surface area contributed by atoms with Crippen LogP contribution in [-0.4, -0.2) is 41.9 Å². The van der Waals surface area contributed by atoms with E-state index < -0.39 is 0 Å². The van der Waals surface area contributed by atoms with E-state index in [2.05, 4.69) is 39.5 Å². The molecule has 1 saturated heterocycles. The van der Waals surface area contributed by atoms with Crippen molar-refractivity contribution in [3.8, 4) is 0 Å². The zero-order chi connectivity index (χ0) is 20.8. The second-order valence-corrected chi connectivity index (χ2v) is 7.76. The Morgan fingerprint density at radius 3 is 2.70 bits per heavy atom. The molecule has 0 amide bonds. The highest BCUT2D eigenvalue weighted by atomic mass is 16.1. The number of nitrogens with one attached hydrogen (secondary N) is 1. The van der Waals surface area contributed by atoms with Gasteiger partial charge in [0.1, 0.15) is 11.5 Å². The predicted octanol–water partition coefficient (Wildman–Crippen LogP) is 3.60. The first-order chi connectivity index (χ1) is 14.7. The van der Waals surface area contributed by atoms with Crippen LogP contribution in [0.4, 0.5) is 5.82 Å². The minimum absolute atomic E-state index is 0.0589. The molecule has 1 N–H and O–H groups in total. The second-order valence-electron chi connectivity index (χ2n) is 7.76. The van der Waals surface area contributed by atoms with Gasteiger partial charge in [-0.05, 0) is 62.1 Å². The number of carbonyl (C=O) groups excluding carboxylic acids is 1. The van der Waals surface area contributed by atoms with Gasteiger partial charge in [0, 0.05) is 37.1 Å². The largest absolute Gasteiger partial charge is 0.355 e. The Morgan fingerprint density at radius 2 is 1.83 bits per heavy atom. The normalized spacial score (nSPS) is 14.4. The van der Waals surface area contributed by atoms with Crippen LogP contribution in [0.25, 0.3) is 0 Å². The molecule has 0 unspecified atom stereocenters. The summed E-state index contributed by atoms with van der Waals surface area (Å²) in [6.45, 7) is 5.70. The van der Waals surface area contributed by atoms with Crippen molar-refractivity contribution in [1.29, 1.82) is 0 Å². The zero-order valence-corrected chi connectivity index (χ0v) is 17.5. The monoisotopic (exact) mass is 400 g/mol. The van der Waals surface area contributed by atoms with E-state index in [1.165, 1.54) is 5.56 Å². The van der Waals surface area contributed by atoms with E-state index >= 15 is 0 Å². The molecule has 0 aliphatic carbocycles. The Morgan fingerprint density at radius 1 is 1.00 bits per heavy atom. The number of hydrogen-bond donors (Lipinski definition) is 1. The Bertz CT molecular complexity index is 995. The van der Waals surface area contributed by atoms with Crippen molar-refractivity contribution in [1.82, 2.24) is 15.3 Å². The molecule has 0 atom stereocenters. The van der Waals surface area contributed by atoms with E-state index in [1.807, 2.05) is 37.4 Å². The van der Waals surface area contributed by atoms with Crippen molar-refractivity contribution in [3.63, 3.8) is 0 Å². The summed E-state index contributed by atoms with van der Waals surface area (Å²) >= 11 is 0. The standard InChI is InChI=1S/C25H28N4O/c1-19-22(17-21(18-27-19)12-11-20-7-3-2-4-8-20)25(30)23-9-5-10-24(28-23)29-15-6-13-26-14-16-29/h2-5,7-10,17-18,26H,6,11-16H2,1H3. The molecule has 4 rings (SSSR count). The first-order valence-corrected chi connectivity index (χ1v) is 10.7. The van der Waals surface area contributed by atoms with Crippen molar-refractivity contribution in [2.24, 2.45) is 0 Å². The number of ketones is 1. The summed E-state index contributed by atoms with van der Waals surface area (Å²) in [7, 11) is 0. The van der Waals surface area contributed by atoms with Crippen LogP contribution in [0.15, 0.2) is 60.8 Å². The number of pyridine rings is 2. The van der Waals surface area contributed by atoms with Crippen molar-refractivity contribution in [2.45, 2.75) is 26.2 Å². The van der Waals surface area contributed by atoms with Crippen molar-refractivity contribution in [3.05, 3.63) is 88.9 Å². The average Bonchev–Trinajstić information content (AvgIpc) is 3.08. The van der Waals surface area contributed by atoms with Crippen LogP contribution in [0.3, 0.4) is 0 Å². The highest BCUT2D eigenvalue weighted by molar-refractivity contribution is 6.08. The van der Waals surface area contributed by atoms with Crippen LogP contribution in [0.5, 0.6) is 0 Å². The van der Waals surface area contributed by atoms with Crippen molar-refractivity contribution in [2.75, 3.05) is 31.1 Å². The molecule has 0 bridgehead atoms. The average molecular weight is 401 g/mol. The molecule has 0 radical (unpaired) electrons. The van der Waals surface area contributed by atoms with Crippen LogP contribution in [-0.2, 0) is 12.8 Å². The number of carbonyl (C=O) groups is 1. The van der Waals surface area contributed by atoms with Crippen LogP contribution < -0.4 is 10.2 Å². The fourth-order valence-corrected chi connectivity index (χ4v) is 3.81. The Labute approximate surface area is 178 Å². The fraction of sp³-hybridized carbons (Fsp3) is 0.320. The molecule has 30 heavy (non-hydrogen) atoms. The SMILES string of the molecule is Cc1ncc(CCc2ccccc2)cc1C(=O)c1cccc(N2CCCNCC2)n1. The van der Waals surface area contributed by atoms with Gasteiger partial charge in [-0.3, -0.25) is 9.78 Å². The summed E-state index contributed by atoms with van der Waals surface area (Å²) in [5.41, 5.74) is 4.22. The zero-order valence-electron chi connectivity index (χ0n) is 17.5. The van der Waals surface area contributed by atoms with E-state index in [9.17, 15) is 4.79 Å². The van der Waals surface area contributed by atoms with Gasteiger partial charge in [-0.15, -0.1) is 0 Å². The molecule has 1 fully saturated rings. The maximum absolute atomic E-state index is 13.3. The maximum Gasteiger partial charge on any atom is 0.213 e. The topological polar surface area (TPSA) is 58.1 Å². The molecule has 154 valence electrons. The van der Waals surface area contributed by atoms with Crippen molar-refractivity contribution >= 4 is 11.6 Å². The molecule has 5 nitrogen and oxygen atoms in total. The maximum atomic E-state index is 13.3. The first-order valence-electron chi connectivity index (χ1n) is 10.7. The number of aryl methyl sites for hydroxylation is 3. The van der Waals surface area contributed by atoms with Gasteiger partial charge in [0.15, 0.2) is 0 Å². The number of hydrogen-bond acceptors (Lipinski definition) is 5. The van der Waals surface area contributed by atoms with Gasteiger partial charge in [0.2, 0.25) is 5.78 Å². The third-order valence-corrected chi connectivity index (χ3v) is 5.56. The van der Waals surface area contributed by atoms with Gasteiger partial charge >= 0.3 is 0 Å². The first kappa shape index (κ1) is 20.2. The molecular weight excluding hydrogens is 372 g/mol. The van der Waals surface area contributed by atoms with Gasteiger partial charge in [0.25, 0.3) is 0 Å². The summed E-state index contributed by atoms with van der Waals surface area (Å²) in [5, 5.41) is 3.40. The second kappa shape index (κ2) is 9.63. The third-order valence-electron chi connectivity index (χ3n) is 5.56. The number of rotatable bonds is 6. The lowest BCUT2D eigenvalue weighted by Gasteiger charge is -2.21. The highest BCUT2D eigenvalue weighted by Crippen LogP contribution is 2.18. The van der Waals surface area contributed by atoms with Gasteiger partial charge in [-0.2, -0.15) is 0 Å². The summed E-state index contributed by atoms with van der Waals surface area (Å²) in [6, 6.07) is 18.1. The Hall–Kier alpha value is -3.05. The van der Waals surface area contributed by atoms with Crippen LogP contribution >= 0.6 is 0 Å². The Kier molecular flexibility index (Phi) is 6.50. The van der Waals surface area contributed by atoms with Gasteiger partial charge in [-0.1, -0.05) is 36.4 Å². The molecule has 0 saturated carbocycles. The van der Waals surface area contributed by atoms with Crippen molar-refractivity contribution < 1.29 is 4.79 Å². The summed E-state index contributed by atoms with van der Waals surface area (Å²) in [4.78, 5) is 24.7. The molecule has 3 aromatic rings. The molecule has 2 aromatic heterocycles. The number of anilines is 1.